The summed E-state index contributed by atoms with van der Waals surface area (Å²) in [7, 11) is 3.54. The molecule has 2 heterocycles. The second-order valence-corrected chi connectivity index (χ2v) is 4.25. The summed E-state index contributed by atoms with van der Waals surface area (Å²) in [5.41, 5.74) is 5.14. The van der Waals surface area contributed by atoms with Gasteiger partial charge in [0, 0.05) is 12.6 Å². The molecule has 3 aromatic rings. The Balaban J connectivity index is 2.32. The number of nitrogens with zero attached hydrogens (tertiary/aromatic N) is 3. The molecule has 5 heteroatoms. The van der Waals surface area contributed by atoms with E-state index in [0.717, 1.165) is 27.9 Å². The zero-order chi connectivity index (χ0) is 12.7. The van der Waals surface area contributed by atoms with Crippen LogP contribution in [0.5, 0.6) is 6.01 Å². The fraction of sp³-hybridized carbons (Fsp3) is 0.231. The molecule has 18 heavy (non-hydrogen) atoms. The summed E-state index contributed by atoms with van der Waals surface area (Å²) in [5, 5.41) is 4.27. The SMILES string of the molecule is COc1nc2c(-c3c(C)cnn3C)cccc2[nH]1. The lowest BCUT2D eigenvalue weighted by atomic mass is 10.1. The molecular formula is C13H14N4O. The van der Waals surface area contributed by atoms with Gasteiger partial charge in [-0.1, -0.05) is 12.1 Å². The number of fused-ring (bicyclic) bond motifs is 1. The van der Waals surface area contributed by atoms with Gasteiger partial charge in [0.15, 0.2) is 0 Å². The van der Waals surface area contributed by atoms with E-state index in [-0.39, 0.29) is 0 Å². The first kappa shape index (κ1) is 10.8. The first-order valence-electron chi connectivity index (χ1n) is 5.72. The highest BCUT2D eigenvalue weighted by Crippen LogP contribution is 2.30. The molecule has 0 amide bonds. The maximum absolute atomic E-state index is 5.14. The highest BCUT2D eigenvalue weighted by atomic mass is 16.5. The number of ether oxygens (including phenoxy) is 1. The smallest absolute Gasteiger partial charge is 0.294 e. The lowest BCUT2D eigenvalue weighted by molar-refractivity contribution is 0.386. The topological polar surface area (TPSA) is 55.7 Å². The van der Waals surface area contributed by atoms with E-state index in [4.69, 9.17) is 4.74 Å². The number of para-hydroxylation sites is 1. The fourth-order valence-electron chi connectivity index (χ4n) is 2.23. The summed E-state index contributed by atoms with van der Waals surface area (Å²) < 4.78 is 7.01. The predicted molar refractivity (Wildman–Crippen MR) is 69.6 cm³/mol. The number of hydrogen-bond donors (Lipinski definition) is 1. The monoisotopic (exact) mass is 242 g/mol. The number of hydrogen-bond acceptors (Lipinski definition) is 3. The Morgan fingerprint density at radius 2 is 2.17 bits per heavy atom. The van der Waals surface area contributed by atoms with Gasteiger partial charge in [-0.15, -0.1) is 0 Å². The predicted octanol–water partition coefficient (Wildman–Crippen LogP) is 2.28. The van der Waals surface area contributed by atoms with Gasteiger partial charge < -0.3 is 9.72 Å². The molecule has 3 rings (SSSR count). The number of benzene rings is 1. The van der Waals surface area contributed by atoms with E-state index >= 15 is 0 Å². The second kappa shape index (κ2) is 3.87. The number of aromatic nitrogens is 4. The number of aryl methyl sites for hydroxylation is 2. The van der Waals surface area contributed by atoms with Crippen LogP contribution in [0.4, 0.5) is 0 Å². The first-order valence-corrected chi connectivity index (χ1v) is 5.72. The lowest BCUT2D eigenvalue weighted by Crippen LogP contribution is -1.95. The van der Waals surface area contributed by atoms with Gasteiger partial charge in [-0.05, 0) is 18.6 Å². The quantitative estimate of drug-likeness (QED) is 0.750. The average Bonchev–Trinajstić information content (AvgIpc) is 2.93. The van der Waals surface area contributed by atoms with E-state index < -0.39 is 0 Å². The van der Waals surface area contributed by atoms with Gasteiger partial charge in [0.1, 0.15) is 5.52 Å². The summed E-state index contributed by atoms with van der Waals surface area (Å²) in [6.07, 6.45) is 1.86. The number of nitrogens with one attached hydrogen (secondary N) is 1. The van der Waals surface area contributed by atoms with Crippen molar-refractivity contribution in [2.24, 2.45) is 7.05 Å². The van der Waals surface area contributed by atoms with Crippen molar-refractivity contribution >= 4 is 11.0 Å². The Labute approximate surface area is 104 Å². The summed E-state index contributed by atoms with van der Waals surface area (Å²) in [6, 6.07) is 6.56. The molecule has 1 aromatic carbocycles. The molecule has 0 saturated carbocycles. The summed E-state index contributed by atoms with van der Waals surface area (Å²) in [6.45, 7) is 2.05. The van der Waals surface area contributed by atoms with Crippen molar-refractivity contribution in [1.82, 2.24) is 19.7 Å². The molecule has 0 fully saturated rings. The second-order valence-electron chi connectivity index (χ2n) is 4.25. The fourth-order valence-corrected chi connectivity index (χ4v) is 2.23. The van der Waals surface area contributed by atoms with Crippen molar-refractivity contribution < 1.29 is 4.74 Å². The Morgan fingerprint density at radius 3 is 2.83 bits per heavy atom. The molecule has 1 N–H and O–H groups in total. The molecule has 5 nitrogen and oxygen atoms in total. The number of aromatic amines is 1. The van der Waals surface area contributed by atoms with Crippen LogP contribution in [0.15, 0.2) is 24.4 Å². The van der Waals surface area contributed by atoms with Crippen LogP contribution >= 0.6 is 0 Å². The lowest BCUT2D eigenvalue weighted by Gasteiger charge is -2.04. The number of methoxy groups -OCH3 is 1. The van der Waals surface area contributed by atoms with Crippen molar-refractivity contribution in [3.63, 3.8) is 0 Å². The van der Waals surface area contributed by atoms with Crippen LogP contribution in [0.2, 0.25) is 0 Å². The Hall–Kier alpha value is -2.30. The van der Waals surface area contributed by atoms with Crippen molar-refractivity contribution in [1.29, 1.82) is 0 Å². The van der Waals surface area contributed by atoms with Crippen LogP contribution in [-0.4, -0.2) is 26.9 Å². The molecule has 0 aliphatic rings. The molecule has 0 aliphatic heterocycles. The molecule has 2 aromatic heterocycles. The van der Waals surface area contributed by atoms with E-state index in [1.807, 2.05) is 43.0 Å². The summed E-state index contributed by atoms with van der Waals surface area (Å²) in [5.74, 6) is 0. The van der Waals surface area contributed by atoms with Crippen LogP contribution in [0.1, 0.15) is 5.56 Å². The molecule has 0 saturated heterocycles. The minimum atomic E-state index is 0.525. The number of H-pyrrole nitrogens is 1. The van der Waals surface area contributed by atoms with Gasteiger partial charge >= 0.3 is 0 Å². The van der Waals surface area contributed by atoms with Gasteiger partial charge in [0.2, 0.25) is 0 Å². The number of rotatable bonds is 2. The van der Waals surface area contributed by atoms with Crippen molar-refractivity contribution in [3.05, 3.63) is 30.0 Å². The molecule has 0 unspecified atom stereocenters. The van der Waals surface area contributed by atoms with Gasteiger partial charge in [0.25, 0.3) is 6.01 Å². The van der Waals surface area contributed by atoms with E-state index in [9.17, 15) is 0 Å². The maximum Gasteiger partial charge on any atom is 0.294 e. The van der Waals surface area contributed by atoms with Crippen LogP contribution in [-0.2, 0) is 7.05 Å². The Morgan fingerprint density at radius 1 is 1.33 bits per heavy atom. The van der Waals surface area contributed by atoms with E-state index in [0.29, 0.717) is 6.01 Å². The van der Waals surface area contributed by atoms with Crippen LogP contribution < -0.4 is 4.74 Å². The third-order valence-electron chi connectivity index (χ3n) is 3.06. The van der Waals surface area contributed by atoms with E-state index in [2.05, 4.69) is 15.1 Å². The number of imidazole rings is 1. The highest BCUT2D eigenvalue weighted by molar-refractivity contribution is 5.92. The largest absolute Gasteiger partial charge is 0.468 e. The average molecular weight is 242 g/mol. The minimum Gasteiger partial charge on any atom is -0.468 e. The molecular weight excluding hydrogens is 228 g/mol. The first-order chi connectivity index (χ1) is 8.70. The molecule has 0 spiro atoms. The van der Waals surface area contributed by atoms with Gasteiger partial charge in [-0.25, -0.2) is 0 Å². The van der Waals surface area contributed by atoms with Crippen molar-refractivity contribution in [2.75, 3.05) is 7.11 Å². The molecule has 0 radical (unpaired) electrons. The zero-order valence-corrected chi connectivity index (χ0v) is 10.6. The Bertz CT molecular complexity index is 691. The van der Waals surface area contributed by atoms with Crippen LogP contribution in [0.25, 0.3) is 22.3 Å². The molecule has 0 aliphatic carbocycles. The standard InChI is InChI=1S/C13H14N4O/c1-8-7-14-17(2)12(8)9-5-4-6-10-11(9)16-13(15-10)18-3/h4-7H,1-3H3,(H,15,16). The van der Waals surface area contributed by atoms with E-state index in [1.54, 1.807) is 7.11 Å². The van der Waals surface area contributed by atoms with Gasteiger partial charge in [0.05, 0.1) is 24.5 Å². The van der Waals surface area contributed by atoms with Crippen LogP contribution in [0.3, 0.4) is 0 Å². The highest BCUT2D eigenvalue weighted by Gasteiger charge is 2.13. The summed E-state index contributed by atoms with van der Waals surface area (Å²) >= 11 is 0. The summed E-state index contributed by atoms with van der Waals surface area (Å²) in [4.78, 5) is 7.57. The van der Waals surface area contributed by atoms with E-state index in [1.165, 1.54) is 0 Å². The Kier molecular flexibility index (Phi) is 2.33. The van der Waals surface area contributed by atoms with Crippen molar-refractivity contribution in [2.45, 2.75) is 6.92 Å². The molecule has 92 valence electrons. The molecule has 0 atom stereocenters. The van der Waals surface area contributed by atoms with Crippen LogP contribution in [0, 0.1) is 6.92 Å². The third-order valence-corrected chi connectivity index (χ3v) is 3.06. The maximum atomic E-state index is 5.14. The minimum absolute atomic E-state index is 0.525. The van der Waals surface area contributed by atoms with Gasteiger partial charge in [-0.3, -0.25) is 4.68 Å². The zero-order valence-electron chi connectivity index (χ0n) is 10.6. The van der Waals surface area contributed by atoms with Gasteiger partial charge in [-0.2, -0.15) is 10.1 Å². The third kappa shape index (κ3) is 1.48. The van der Waals surface area contributed by atoms with Crippen molar-refractivity contribution in [3.8, 4) is 17.3 Å². The molecule has 0 bridgehead atoms. The normalized spacial score (nSPS) is 11.1.